The molecule has 1 amide bonds. The molecule has 7 heteroatoms. The van der Waals surface area contributed by atoms with Crippen LogP contribution in [0, 0.1) is 0 Å². The molecule has 1 aliphatic rings. The number of carbonyl (C=O) groups is 1. The Morgan fingerprint density at radius 2 is 2.17 bits per heavy atom. The van der Waals surface area contributed by atoms with Gasteiger partial charge in [-0.15, -0.1) is 0 Å². The highest BCUT2D eigenvalue weighted by Gasteiger charge is 2.31. The molecular weight excluding hydrogens is 328 g/mol. The fourth-order valence-corrected chi connectivity index (χ4v) is 4.63. The molecule has 134 valence electrons. The summed E-state index contributed by atoms with van der Waals surface area (Å²) < 4.78 is 32.2. The van der Waals surface area contributed by atoms with E-state index in [-0.39, 0.29) is 16.8 Å². The van der Waals surface area contributed by atoms with E-state index in [2.05, 4.69) is 5.32 Å². The van der Waals surface area contributed by atoms with Crippen LogP contribution in [0.4, 0.5) is 0 Å². The number of piperidine rings is 1. The van der Waals surface area contributed by atoms with Crippen molar-refractivity contribution in [2.24, 2.45) is 0 Å². The Bertz CT molecular complexity index is 660. The zero-order valence-electron chi connectivity index (χ0n) is 14.3. The van der Waals surface area contributed by atoms with E-state index < -0.39 is 10.0 Å². The van der Waals surface area contributed by atoms with Gasteiger partial charge in [-0.1, -0.05) is 12.5 Å². The normalized spacial score (nSPS) is 19.2. The third kappa shape index (κ3) is 4.55. The Labute approximate surface area is 144 Å². The van der Waals surface area contributed by atoms with Crippen LogP contribution in [-0.4, -0.2) is 51.5 Å². The van der Waals surface area contributed by atoms with Gasteiger partial charge in [0, 0.05) is 38.4 Å². The third-order valence-electron chi connectivity index (χ3n) is 4.26. The zero-order chi connectivity index (χ0) is 17.6. The Morgan fingerprint density at radius 1 is 1.38 bits per heavy atom. The summed E-state index contributed by atoms with van der Waals surface area (Å²) in [5, 5.41) is 2.77. The van der Waals surface area contributed by atoms with E-state index in [9.17, 15) is 13.2 Å². The van der Waals surface area contributed by atoms with Crippen molar-refractivity contribution in [2.75, 3.05) is 26.8 Å². The average molecular weight is 354 g/mol. The van der Waals surface area contributed by atoms with Crippen LogP contribution >= 0.6 is 0 Å². The van der Waals surface area contributed by atoms with Gasteiger partial charge in [-0.25, -0.2) is 8.42 Å². The van der Waals surface area contributed by atoms with Crippen LogP contribution in [0.2, 0.25) is 0 Å². The lowest BCUT2D eigenvalue weighted by molar-refractivity contribution is 0.0948. The molecule has 0 aliphatic carbocycles. The van der Waals surface area contributed by atoms with Crippen molar-refractivity contribution in [1.29, 1.82) is 0 Å². The second kappa shape index (κ2) is 8.60. The molecule has 1 fully saturated rings. The summed E-state index contributed by atoms with van der Waals surface area (Å²) in [5.41, 5.74) is 0.359. The molecule has 24 heavy (non-hydrogen) atoms. The Hall–Kier alpha value is -1.44. The molecule has 0 aromatic heterocycles. The highest BCUT2D eigenvalue weighted by atomic mass is 32.2. The van der Waals surface area contributed by atoms with Gasteiger partial charge in [0.25, 0.3) is 5.91 Å². The zero-order valence-corrected chi connectivity index (χ0v) is 15.1. The molecule has 1 aliphatic heterocycles. The lowest BCUT2D eigenvalue weighted by Crippen LogP contribution is -2.42. The number of sulfonamides is 1. The standard InChI is InChI=1S/C17H26N2O4S/c1-14-7-3-4-11-19(14)24(21,22)16-9-5-8-15(13-16)17(20)18-10-6-12-23-2/h5,8-9,13-14H,3-4,6-7,10-12H2,1-2H3,(H,18,20). The van der Waals surface area contributed by atoms with E-state index in [1.165, 1.54) is 6.07 Å². The van der Waals surface area contributed by atoms with Gasteiger partial charge in [0.05, 0.1) is 4.90 Å². The maximum Gasteiger partial charge on any atom is 0.251 e. The number of methoxy groups -OCH3 is 1. The number of benzene rings is 1. The second-order valence-electron chi connectivity index (χ2n) is 6.09. The van der Waals surface area contributed by atoms with Crippen LogP contribution in [-0.2, 0) is 14.8 Å². The van der Waals surface area contributed by atoms with Gasteiger partial charge < -0.3 is 10.1 Å². The minimum atomic E-state index is -3.56. The minimum Gasteiger partial charge on any atom is -0.385 e. The van der Waals surface area contributed by atoms with Crippen molar-refractivity contribution < 1.29 is 17.9 Å². The van der Waals surface area contributed by atoms with Gasteiger partial charge >= 0.3 is 0 Å². The Morgan fingerprint density at radius 3 is 2.88 bits per heavy atom. The summed E-state index contributed by atoms with van der Waals surface area (Å²) in [7, 11) is -1.95. The summed E-state index contributed by atoms with van der Waals surface area (Å²) in [6, 6.07) is 6.26. The van der Waals surface area contributed by atoms with E-state index in [4.69, 9.17) is 4.74 Å². The molecular formula is C17H26N2O4S. The van der Waals surface area contributed by atoms with E-state index in [1.807, 2.05) is 6.92 Å². The SMILES string of the molecule is COCCCNC(=O)c1cccc(S(=O)(=O)N2CCCCC2C)c1. The lowest BCUT2D eigenvalue weighted by Gasteiger charge is -2.32. The summed E-state index contributed by atoms with van der Waals surface area (Å²) in [5.74, 6) is -0.269. The smallest absolute Gasteiger partial charge is 0.251 e. The molecule has 0 radical (unpaired) electrons. The van der Waals surface area contributed by atoms with Gasteiger partial charge in [0.2, 0.25) is 10.0 Å². The first-order chi connectivity index (χ1) is 11.5. The molecule has 0 bridgehead atoms. The minimum absolute atomic E-state index is 0.00437. The molecule has 1 unspecified atom stereocenters. The number of ether oxygens (including phenoxy) is 1. The molecule has 1 atom stereocenters. The van der Waals surface area contributed by atoms with E-state index in [0.717, 1.165) is 19.3 Å². The Kier molecular flexibility index (Phi) is 6.77. The van der Waals surface area contributed by atoms with Gasteiger partial charge in [0.15, 0.2) is 0 Å². The molecule has 1 heterocycles. The largest absolute Gasteiger partial charge is 0.385 e. The van der Waals surface area contributed by atoms with Crippen LogP contribution in [0.15, 0.2) is 29.2 Å². The third-order valence-corrected chi connectivity index (χ3v) is 6.27. The topological polar surface area (TPSA) is 75.7 Å². The fourth-order valence-electron chi connectivity index (χ4n) is 2.88. The monoisotopic (exact) mass is 354 g/mol. The number of rotatable bonds is 7. The molecule has 6 nitrogen and oxygen atoms in total. The van der Waals surface area contributed by atoms with Crippen molar-refractivity contribution in [1.82, 2.24) is 9.62 Å². The van der Waals surface area contributed by atoms with Crippen LogP contribution in [0.3, 0.4) is 0 Å². The van der Waals surface area contributed by atoms with Crippen LogP contribution in [0.25, 0.3) is 0 Å². The van der Waals surface area contributed by atoms with Crippen LogP contribution in [0.5, 0.6) is 0 Å². The van der Waals surface area contributed by atoms with E-state index in [0.29, 0.717) is 31.7 Å². The summed E-state index contributed by atoms with van der Waals surface area (Å²) in [6.45, 7) is 3.54. The number of carbonyl (C=O) groups excluding carboxylic acids is 1. The lowest BCUT2D eigenvalue weighted by atomic mass is 10.1. The number of nitrogens with one attached hydrogen (secondary N) is 1. The second-order valence-corrected chi connectivity index (χ2v) is 7.98. The number of nitrogens with zero attached hydrogens (tertiary/aromatic N) is 1. The van der Waals surface area contributed by atoms with Gasteiger partial charge in [0.1, 0.15) is 0 Å². The molecule has 2 rings (SSSR count). The number of hydrogen-bond donors (Lipinski definition) is 1. The molecule has 1 N–H and O–H groups in total. The Balaban J connectivity index is 2.12. The fraction of sp³-hybridized carbons (Fsp3) is 0.588. The summed E-state index contributed by atoms with van der Waals surface area (Å²) >= 11 is 0. The van der Waals surface area contributed by atoms with Crippen molar-refractivity contribution in [3.8, 4) is 0 Å². The van der Waals surface area contributed by atoms with Crippen LogP contribution in [0.1, 0.15) is 43.0 Å². The van der Waals surface area contributed by atoms with E-state index in [1.54, 1.807) is 29.6 Å². The summed E-state index contributed by atoms with van der Waals surface area (Å²) in [6.07, 6.45) is 3.52. The number of amides is 1. The highest BCUT2D eigenvalue weighted by Crippen LogP contribution is 2.25. The van der Waals surface area contributed by atoms with Gasteiger partial charge in [-0.2, -0.15) is 4.31 Å². The molecule has 0 spiro atoms. The van der Waals surface area contributed by atoms with Gasteiger partial charge in [-0.05, 0) is 44.4 Å². The molecule has 1 aromatic rings. The van der Waals surface area contributed by atoms with Gasteiger partial charge in [-0.3, -0.25) is 4.79 Å². The molecule has 1 saturated heterocycles. The first kappa shape index (κ1) is 18.9. The van der Waals surface area contributed by atoms with Crippen molar-refractivity contribution in [3.63, 3.8) is 0 Å². The predicted molar refractivity (Wildman–Crippen MR) is 92.5 cm³/mol. The highest BCUT2D eigenvalue weighted by molar-refractivity contribution is 7.89. The quantitative estimate of drug-likeness (QED) is 0.760. The van der Waals surface area contributed by atoms with Crippen molar-refractivity contribution in [2.45, 2.75) is 43.5 Å². The van der Waals surface area contributed by atoms with E-state index >= 15 is 0 Å². The summed E-state index contributed by atoms with van der Waals surface area (Å²) in [4.78, 5) is 12.3. The van der Waals surface area contributed by atoms with Crippen LogP contribution < -0.4 is 5.32 Å². The molecule has 1 aromatic carbocycles. The predicted octanol–water partition coefficient (Wildman–Crippen LogP) is 2.02. The first-order valence-electron chi connectivity index (χ1n) is 8.36. The molecule has 0 saturated carbocycles. The maximum atomic E-state index is 12.8. The first-order valence-corrected chi connectivity index (χ1v) is 9.80. The number of hydrogen-bond acceptors (Lipinski definition) is 4. The average Bonchev–Trinajstić information content (AvgIpc) is 2.59. The van der Waals surface area contributed by atoms with Crippen molar-refractivity contribution >= 4 is 15.9 Å². The maximum absolute atomic E-state index is 12.8. The van der Waals surface area contributed by atoms with Crippen molar-refractivity contribution in [3.05, 3.63) is 29.8 Å².